The average molecular weight is 443 g/mol. The van der Waals surface area contributed by atoms with Gasteiger partial charge in [-0.15, -0.1) is 0 Å². The molecule has 168 valence electrons. The van der Waals surface area contributed by atoms with E-state index in [9.17, 15) is 4.79 Å². The zero-order chi connectivity index (χ0) is 22.9. The highest BCUT2D eigenvalue weighted by molar-refractivity contribution is 5.76. The first-order valence-electron chi connectivity index (χ1n) is 10.8. The summed E-state index contributed by atoms with van der Waals surface area (Å²) in [6.07, 6.45) is 4.35. The highest BCUT2D eigenvalue weighted by Crippen LogP contribution is 2.29. The minimum Gasteiger partial charge on any atom is -0.493 e. The Morgan fingerprint density at radius 1 is 0.939 bits per heavy atom. The molecule has 0 aliphatic rings. The number of nitrogens with one attached hydrogen (secondary N) is 1. The van der Waals surface area contributed by atoms with Gasteiger partial charge in [-0.1, -0.05) is 42.5 Å². The van der Waals surface area contributed by atoms with E-state index in [4.69, 9.17) is 13.9 Å². The number of hydrogen-bond acceptors (Lipinski definition) is 5. The topological polar surface area (TPSA) is 73.6 Å². The summed E-state index contributed by atoms with van der Waals surface area (Å²) in [7, 11) is 1.62. The minimum atomic E-state index is -0.0207. The normalized spacial score (nSPS) is 10.6. The number of methoxy groups -OCH3 is 1. The van der Waals surface area contributed by atoms with Gasteiger partial charge in [0, 0.05) is 19.2 Å². The van der Waals surface area contributed by atoms with Gasteiger partial charge in [0.2, 0.25) is 5.91 Å². The lowest BCUT2D eigenvalue weighted by Crippen LogP contribution is -2.23. The van der Waals surface area contributed by atoms with Crippen LogP contribution in [0.25, 0.3) is 11.5 Å². The maximum atomic E-state index is 12.4. The number of aromatic nitrogens is 1. The lowest BCUT2D eigenvalue weighted by Gasteiger charge is -2.13. The second-order valence-corrected chi connectivity index (χ2v) is 7.57. The number of nitrogens with zero attached hydrogens (tertiary/aromatic N) is 1. The summed E-state index contributed by atoms with van der Waals surface area (Å²) in [6.45, 7) is 0.881. The molecule has 2 aromatic carbocycles. The molecule has 6 nitrogen and oxygen atoms in total. The van der Waals surface area contributed by atoms with Crippen LogP contribution in [0.5, 0.6) is 11.5 Å². The van der Waals surface area contributed by atoms with Crippen molar-refractivity contribution < 1.29 is 18.7 Å². The fraction of sp³-hybridized carbons (Fsp3) is 0.185. The Morgan fingerprint density at radius 2 is 1.79 bits per heavy atom. The Labute approximate surface area is 193 Å². The third-order valence-electron chi connectivity index (χ3n) is 5.19. The van der Waals surface area contributed by atoms with Crippen LogP contribution in [0.1, 0.15) is 23.1 Å². The molecule has 0 spiro atoms. The summed E-state index contributed by atoms with van der Waals surface area (Å²) in [4.78, 5) is 16.7. The molecule has 0 aliphatic heterocycles. The molecule has 0 atom stereocenters. The van der Waals surface area contributed by atoms with Crippen LogP contribution < -0.4 is 14.8 Å². The van der Waals surface area contributed by atoms with Crippen LogP contribution >= 0.6 is 0 Å². The van der Waals surface area contributed by atoms with Gasteiger partial charge in [-0.2, -0.15) is 0 Å². The van der Waals surface area contributed by atoms with Gasteiger partial charge in [0.25, 0.3) is 0 Å². The van der Waals surface area contributed by atoms with Crippen molar-refractivity contribution in [1.82, 2.24) is 10.3 Å². The van der Waals surface area contributed by atoms with Gasteiger partial charge in [0.15, 0.2) is 17.3 Å². The number of aryl methyl sites for hydroxylation is 1. The number of pyridine rings is 1. The maximum absolute atomic E-state index is 12.4. The predicted molar refractivity (Wildman–Crippen MR) is 126 cm³/mol. The molecule has 2 heterocycles. The number of rotatable bonds is 10. The molecule has 4 aromatic rings. The number of hydrogen-bond donors (Lipinski definition) is 1. The van der Waals surface area contributed by atoms with E-state index in [2.05, 4.69) is 10.3 Å². The fourth-order valence-corrected chi connectivity index (χ4v) is 3.37. The van der Waals surface area contributed by atoms with E-state index < -0.39 is 0 Å². The minimum absolute atomic E-state index is 0.0207. The molecule has 0 saturated heterocycles. The Morgan fingerprint density at radius 3 is 2.52 bits per heavy atom. The van der Waals surface area contributed by atoms with Crippen molar-refractivity contribution in [3.8, 4) is 23.0 Å². The Bertz CT molecular complexity index is 1160. The quantitative estimate of drug-likeness (QED) is 0.366. The molecule has 1 amide bonds. The number of carbonyl (C=O) groups excluding carboxylic acids is 1. The van der Waals surface area contributed by atoms with Crippen LogP contribution in [0.3, 0.4) is 0 Å². The van der Waals surface area contributed by atoms with Crippen molar-refractivity contribution in [3.63, 3.8) is 0 Å². The lowest BCUT2D eigenvalue weighted by molar-refractivity contribution is -0.121. The Kier molecular flexibility index (Phi) is 7.38. The van der Waals surface area contributed by atoms with Crippen LogP contribution in [0.2, 0.25) is 0 Å². The molecule has 0 saturated carbocycles. The van der Waals surface area contributed by atoms with Gasteiger partial charge in [0.1, 0.15) is 12.3 Å². The summed E-state index contributed by atoms with van der Waals surface area (Å²) in [6, 6.07) is 23.2. The van der Waals surface area contributed by atoms with E-state index in [0.29, 0.717) is 37.5 Å². The van der Waals surface area contributed by atoms with Gasteiger partial charge in [0.05, 0.1) is 13.4 Å². The van der Waals surface area contributed by atoms with Crippen LogP contribution in [-0.2, 0) is 24.4 Å². The van der Waals surface area contributed by atoms with Crippen molar-refractivity contribution in [2.45, 2.75) is 26.0 Å². The summed E-state index contributed by atoms with van der Waals surface area (Å²) >= 11 is 0. The number of benzene rings is 2. The first kappa shape index (κ1) is 22.1. The number of furan rings is 1. The molecule has 33 heavy (non-hydrogen) atoms. The van der Waals surface area contributed by atoms with Crippen molar-refractivity contribution in [3.05, 3.63) is 102 Å². The van der Waals surface area contributed by atoms with E-state index in [0.717, 1.165) is 28.1 Å². The molecule has 0 radical (unpaired) electrons. The third-order valence-corrected chi connectivity index (χ3v) is 5.19. The van der Waals surface area contributed by atoms with Crippen LogP contribution in [-0.4, -0.2) is 18.0 Å². The van der Waals surface area contributed by atoms with Crippen LogP contribution in [0.4, 0.5) is 0 Å². The second-order valence-electron chi connectivity index (χ2n) is 7.57. The van der Waals surface area contributed by atoms with Crippen molar-refractivity contribution in [2.24, 2.45) is 0 Å². The lowest BCUT2D eigenvalue weighted by atomic mass is 10.1. The molecule has 6 heteroatoms. The molecule has 0 unspecified atom stereocenters. The van der Waals surface area contributed by atoms with E-state index in [1.807, 2.05) is 72.8 Å². The Hall–Kier alpha value is -4.06. The summed E-state index contributed by atoms with van der Waals surface area (Å²) < 4.78 is 16.7. The fourth-order valence-electron chi connectivity index (χ4n) is 3.37. The molecule has 4 rings (SSSR count). The molecular weight excluding hydrogens is 416 g/mol. The van der Waals surface area contributed by atoms with Gasteiger partial charge in [-0.3, -0.25) is 9.78 Å². The second kappa shape index (κ2) is 11.0. The van der Waals surface area contributed by atoms with Crippen molar-refractivity contribution in [2.75, 3.05) is 7.11 Å². The Balaban J connectivity index is 1.27. The first-order chi connectivity index (χ1) is 16.2. The summed E-state index contributed by atoms with van der Waals surface area (Å²) in [5.41, 5.74) is 3.79. The van der Waals surface area contributed by atoms with Gasteiger partial charge >= 0.3 is 0 Å². The monoisotopic (exact) mass is 442 g/mol. The smallest absolute Gasteiger partial charge is 0.220 e. The zero-order valence-electron chi connectivity index (χ0n) is 18.5. The van der Waals surface area contributed by atoms with Gasteiger partial charge < -0.3 is 19.2 Å². The number of carbonyl (C=O) groups is 1. The molecule has 0 fully saturated rings. The van der Waals surface area contributed by atoms with Crippen molar-refractivity contribution in [1.29, 1.82) is 0 Å². The van der Waals surface area contributed by atoms with Crippen LogP contribution in [0.15, 0.2) is 89.7 Å². The SMILES string of the molecule is COc1ccc(CCC(=O)NCc2ccc(-c3ccco3)nc2)cc1OCc1ccccc1. The molecule has 0 aliphatic carbocycles. The maximum Gasteiger partial charge on any atom is 0.220 e. The molecule has 2 aromatic heterocycles. The average Bonchev–Trinajstić information content (AvgIpc) is 3.41. The van der Waals surface area contributed by atoms with Gasteiger partial charge in [-0.25, -0.2) is 0 Å². The predicted octanol–water partition coefficient (Wildman–Crippen LogP) is 5.18. The summed E-state index contributed by atoms with van der Waals surface area (Å²) in [5.74, 6) is 2.04. The first-order valence-corrected chi connectivity index (χ1v) is 10.8. The molecular formula is C27H26N2O4. The highest BCUT2D eigenvalue weighted by atomic mass is 16.5. The molecule has 1 N–H and O–H groups in total. The van der Waals surface area contributed by atoms with Gasteiger partial charge in [-0.05, 0) is 53.4 Å². The third kappa shape index (κ3) is 6.23. The number of ether oxygens (including phenoxy) is 2. The van der Waals surface area contributed by atoms with E-state index in [1.54, 1.807) is 19.6 Å². The van der Waals surface area contributed by atoms with E-state index in [1.165, 1.54) is 0 Å². The van der Waals surface area contributed by atoms with Crippen LogP contribution in [0, 0.1) is 0 Å². The molecule has 0 bridgehead atoms. The van der Waals surface area contributed by atoms with Crippen molar-refractivity contribution >= 4 is 5.91 Å². The number of amides is 1. The highest BCUT2D eigenvalue weighted by Gasteiger charge is 2.09. The standard InChI is InChI=1S/C27H26N2O4/c1-31-25-13-10-20(16-26(25)33-19-21-6-3-2-4-7-21)11-14-27(30)29-18-22-9-12-23(28-17-22)24-8-5-15-32-24/h2-10,12-13,15-17H,11,14,18-19H2,1H3,(H,29,30). The van der Waals surface area contributed by atoms with E-state index in [-0.39, 0.29) is 5.91 Å². The summed E-state index contributed by atoms with van der Waals surface area (Å²) in [5, 5.41) is 2.95. The zero-order valence-corrected chi connectivity index (χ0v) is 18.5. The van der Waals surface area contributed by atoms with E-state index >= 15 is 0 Å². The largest absolute Gasteiger partial charge is 0.493 e.